The van der Waals surface area contributed by atoms with Crippen LogP contribution in [0, 0.1) is 0 Å². The van der Waals surface area contributed by atoms with Crippen LogP contribution in [0.15, 0.2) is 30.4 Å². The summed E-state index contributed by atoms with van der Waals surface area (Å²) in [5, 5.41) is 11.0. The van der Waals surface area contributed by atoms with Crippen LogP contribution in [-0.4, -0.2) is 23.6 Å². The summed E-state index contributed by atoms with van der Waals surface area (Å²) in [7, 11) is 0. The first-order valence-electron chi connectivity index (χ1n) is 5.13. The zero-order valence-corrected chi connectivity index (χ0v) is 8.97. The molecule has 0 saturated heterocycles. The second kappa shape index (κ2) is 4.69. The molecule has 0 saturated carbocycles. The molecule has 0 fully saturated rings. The van der Waals surface area contributed by atoms with E-state index in [4.69, 9.17) is 9.84 Å². The van der Waals surface area contributed by atoms with Gasteiger partial charge in [0.2, 0.25) is 5.91 Å². The minimum Gasteiger partial charge on any atom is -0.493 e. The number of hydrogen-bond donors (Lipinski definition) is 2. The fourth-order valence-electron chi connectivity index (χ4n) is 1.60. The average Bonchev–Trinajstić information content (AvgIpc) is 2.73. The van der Waals surface area contributed by atoms with E-state index < -0.39 is 11.9 Å². The van der Waals surface area contributed by atoms with E-state index in [0.29, 0.717) is 12.3 Å². The van der Waals surface area contributed by atoms with E-state index in [0.717, 1.165) is 29.9 Å². The van der Waals surface area contributed by atoms with Crippen LogP contribution in [0.5, 0.6) is 5.75 Å². The first-order chi connectivity index (χ1) is 8.15. The molecule has 1 aliphatic heterocycles. The number of nitrogens with one attached hydrogen (secondary N) is 1. The van der Waals surface area contributed by atoms with Crippen LogP contribution in [0.25, 0.3) is 0 Å². The molecule has 0 spiro atoms. The molecule has 0 radical (unpaired) electrons. The van der Waals surface area contributed by atoms with E-state index in [1.165, 1.54) is 0 Å². The Kier molecular flexibility index (Phi) is 3.09. The predicted octanol–water partition coefficient (Wildman–Crippen LogP) is 1.20. The van der Waals surface area contributed by atoms with E-state index in [1.807, 2.05) is 6.07 Å². The van der Waals surface area contributed by atoms with Gasteiger partial charge in [0.05, 0.1) is 6.61 Å². The Labute approximate surface area is 97.7 Å². The van der Waals surface area contributed by atoms with Gasteiger partial charge in [-0.2, -0.15) is 0 Å². The predicted molar refractivity (Wildman–Crippen MR) is 61.0 cm³/mol. The molecule has 1 amide bonds. The van der Waals surface area contributed by atoms with Crippen molar-refractivity contribution >= 4 is 17.6 Å². The molecule has 5 nitrogen and oxygen atoms in total. The lowest BCUT2D eigenvalue weighted by molar-refractivity contribution is -0.131. The van der Waals surface area contributed by atoms with Gasteiger partial charge in [0, 0.05) is 24.3 Å². The molecule has 0 aromatic heterocycles. The van der Waals surface area contributed by atoms with Gasteiger partial charge in [-0.1, -0.05) is 0 Å². The van der Waals surface area contributed by atoms with Crippen LogP contribution in [0.4, 0.5) is 5.69 Å². The summed E-state index contributed by atoms with van der Waals surface area (Å²) in [6.07, 6.45) is 2.60. The topological polar surface area (TPSA) is 75.6 Å². The fourth-order valence-corrected chi connectivity index (χ4v) is 1.60. The van der Waals surface area contributed by atoms with Crippen molar-refractivity contribution in [2.75, 3.05) is 11.9 Å². The lowest BCUT2D eigenvalue weighted by atomic mass is 10.1. The molecular weight excluding hydrogens is 222 g/mol. The second-order valence-electron chi connectivity index (χ2n) is 3.58. The molecule has 1 aromatic rings. The molecule has 1 heterocycles. The molecule has 1 aliphatic rings. The number of anilines is 1. The van der Waals surface area contributed by atoms with E-state index in [9.17, 15) is 9.59 Å². The molecule has 2 rings (SSSR count). The number of carbonyl (C=O) groups is 2. The third-order valence-corrected chi connectivity index (χ3v) is 2.33. The van der Waals surface area contributed by atoms with Crippen LogP contribution < -0.4 is 10.1 Å². The summed E-state index contributed by atoms with van der Waals surface area (Å²) in [6, 6.07) is 5.34. The van der Waals surface area contributed by atoms with Gasteiger partial charge in [0.15, 0.2) is 0 Å². The molecule has 5 heteroatoms. The van der Waals surface area contributed by atoms with Crippen LogP contribution in [0.2, 0.25) is 0 Å². The minimum absolute atomic E-state index is 0.466. The number of carboxylic acids is 1. The Bertz CT molecular complexity index is 493. The van der Waals surface area contributed by atoms with Crippen molar-refractivity contribution in [2.24, 2.45) is 0 Å². The number of carboxylic acid groups (broad SMARTS) is 1. The highest BCUT2D eigenvalue weighted by molar-refractivity contribution is 6.02. The smallest absolute Gasteiger partial charge is 0.328 e. The standard InChI is InChI=1S/C12H11NO4/c14-11(3-4-12(15)16)13-9-1-2-10-8(7-9)5-6-17-10/h1-4,7H,5-6H2,(H,13,14)(H,15,16)/b4-3+. The Morgan fingerprint density at radius 3 is 2.94 bits per heavy atom. The van der Waals surface area contributed by atoms with Gasteiger partial charge >= 0.3 is 5.97 Å². The zero-order valence-electron chi connectivity index (χ0n) is 8.97. The number of amides is 1. The summed E-state index contributed by atoms with van der Waals surface area (Å²) >= 11 is 0. The van der Waals surface area contributed by atoms with Crippen molar-refractivity contribution < 1.29 is 19.4 Å². The monoisotopic (exact) mass is 233 g/mol. The highest BCUT2D eigenvalue weighted by atomic mass is 16.5. The maximum Gasteiger partial charge on any atom is 0.328 e. The first kappa shape index (κ1) is 11.2. The van der Waals surface area contributed by atoms with Gasteiger partial charge in [-0.15, -0.1) is 0 Å². The van der Waals surface area contributed by atoms with E-state index in [-0.39, 0.29) is 0 Å². The molecule has 2 N–H and O–H groups in total. The first-order valence-corrected chi connectivity index (χ1v) is 5.13. The molecule has 88 valence electrons. The molecule has 0 unspecified atom stereocenters. The van der Waals surface area contributed by atoms with Crippen molar-refractivity contribution in [3.8, 4) is 5.75 Å². The van der Waals surface area contributed by atoms with Crippen molar-refractivity contribution in [3.63, 3.8) is 0 Å². The number of aliphatic carboxylic acids is 1. The summed E-state index contributed by atoms with van der Waals surface area (Å²) in [5.74, 6) is -0.780. The molecule has 0 aliphatic carbocycles. The zero-order chi connectivity index (χ0) is 12.3. The highest BCUT2D eigenvalue weighted by Gasteiger charge is 2.12. The van der Waals surface area contributed by atoms with Crippen LogP contribution >= 0.6 is 0 Å². The number of benzene rings is 1. The van der Waals surface area contributed by atoms with Gasteiger partial charge < -0.3 is 15.2 Å². The molecular formula is C12H11NO4. The van der Waals surface area contributed by atoms with Gasteiger partial charge in [-0.05, 0) is 23.8 Å². The lowest BCUT2D eigenvalue weighted by Gasteiger charge is -2.04. The van der Waals surface area contributed by atoms with Crippen LogP contribution in [0.1, 0.15) is 5.56 Å². The van der Waals surface area contributed by atoms with Crippen LogP contribution in [0.3, 0.4) is 0 Å². The minimum atomic E-state index is -1.15. The molecule has 17 heavy (non-hydrogen) atoms. The quantitative estimate of drug-likeness (QED) is 0.769. The van der Waals surface area contributed by atoms with Crippen molar-refractivity contribution in [2.45, 2.75) is 6.42 Å². The number of carbonyl (C=O) groups excluding carboxylic acids is 1. The van der Waals surface area contributed by atoms with Crippen molar-refractivity contribution in [1.29, 1.82) is 0 Å². The number of rotatable bonds is 3. The average molecular weight is 233 g/mol. The van der Waals surface area contributed by atoms with Gasteiger partial charge in [-0.3, -0.25) is 4.79 Å². The third-order valence-electron chi connectivity index (χ3n) is 2.33. The fraction of sp³-hybridized carbons (Fsp3) is 0.167. The number of hydrogen-bond acceptors (Lipinski definition) is 3. The van der Waals surface area contributed by atoms with E-state index in [2.05, 4.69) is 5.32 Å². The van der Waals surface area contributed by atoms with Gasteiger partial charge in [0.1, 0.15) is 5.75 Å². The molecule has 0 atom stereocenters. The second-order valence-corrected chi connectivity index (χ2v) is 3.58. The number of ether oxygens (including phenoxy) is 1. The Balaban J connectivity index is 2.04. The van der Waals surface area contributed by atoms with Gasteiger partial charge in [-0.25, -0.2) is 4.79 Å². The SMILES string of the molecule is O=C(O)/C=C/C(=O)Nc1ccc2c(c1)CCO2. The Hall–Kier alpha value is -2.30. The summed E-state index contributed by atoms with van der Waals surface area (Å²) in [4.78, 5) is 21.6. The van der Waals surface area contributed by atoms with E-state index >= 15 is 0 Å². The molecule has 0 bridgehead atoms. The van der Waals surface area contributed by atoms with Crippen molar-refractivity contribution in [3.05, 3.63) is 35.9 Å². The summed E-state index contributed by atoms with van der Waals surface area (Å²) in [6.45, 7) is 0.658. The summed E-state index contributed by atoms with van der Waals surface area (Å²) < 4.78 is 5.33. The third kappa shape index (κ3) is 2.84. The van der Waals surface area contributed by atoms with Crippen molar-refractivity contribution in [1.82, 2.24) is 0 Å². The Morgan fingerprint density at radius 2 is 2.18 bits per heavy atom. The van der Waals surface area contributed by atoms with Crippen LogP contribution in [-0.2, 0) is 16.0 Å². The van der Waals surface area contributed by atoms with Gasteiger partial charge in [0.25, 0.3) is 0 Å². The lowest BCUT2D eigenvalue weighted by Crippen LogP contribution is -2.08. The Morgan fingerprint density at radius 1 is 1.35 bits per heavy atom. The molecule has 1 aromatic carbocycles. The number of fused-ring (bicyclic) bond motifs is 1. The maximum atomic E-state index is 11.3. The largest absolute Gasteiger partial charge is 0.493 e. The van der Waals surface area contributed by atoms with E-state index in [1.54, 1.807) is 12.1 Å². The highest BCUT2D eigenvalue weighted by Crippen LogP contribution is 2.27. The summed E-state index contributed by atoms with van der Waals surface area (Å²) in [5.41, 5.74) is 1.68. The maximum absolute atomic E-state index is 11.3. The normalized spacial score (nSPS) is 13.2.